The number of hydrogen-bond acceptors (Lipinski definition) is 2. The van der Waals surface area contributed by atoms with E-state index in [9.17, 15) is 4.79 Å². The number of hydrogen-bond donors (Lipinski definition) is 2. The maximum atomic E-state index is 11.9. The van der Waals surface area contributed by atoms with Crippen LogP contribution in [0.2, 0.25) is 0 Å². The summed E-state index contributed by atoms with van der Waals surface area (Å²) in [6.07, 6.45) is 6.07. The average molecular weight is 207 g/mol. The molecule has 1 heterocycles. The first-order chi connectivity index (χ1) is 7.21. The van der Waals surface area contributed by atoms with Crippen LogP contribution in [0.3, 0.4) is 0 Å². The van der Waals surface area contributed by atoms with E-state index in [1.54, 1.807) is 6.20 Å². The van der Waals surface area contributed by atoms with E-state index in [0.717, 1.165) is 18.5 Å². The summed E-state index contributed by atoms with van der Waals surface area (Å²) in [5, 5.41) is 9.63. The molecule has 1 fully saturated rings. The molecular weight excluding hydrogens is 190 g/mol. The average Bonchev–Trinajstić information content (AvgIpc) is 2.85. The number of nitrogens with one attached hydrogen (secondary N) is 2. The second kappa shape index (κ2) is 4.04. The van der Waals surface area contributed by atoms with Gasteiger partial charge in [0.1, 0.15) is 0 Å². The summed E-state index contributed by atoms with van der Waals surface area (Å²) in [4.78, 5) is 11.9. The molecule has 0 atom stereocenters. The predicted octanol–water partition coefficient (Wildman–Crippen LogP) is 1.61. The molecule has 1 aromatic rings. The van der Waals surface area contributed by atoms with Crippen molar-refractivity contribution in [3.05, 3.63) is 18.0 Å². The van der Waals surface area contributed by atoms with E-state index in [1.807, 2.05) is 6.07 Å². The SMILES string of the molecule is CC1(C(=O)NCc2ccn[nH]2)CCCC1. The van der Waals surface area contributed by atoms with Gasteiger partial charge in [-0.15, -0.1) is 0 Å². The summed E-state index contributed by atoms with van der Waals surface area (Å²) in [5.74, 6) is 0.176. The fourth-order valence-electron chi connectivity index (χ4n) is 2.15. The topological polar surface area (TPSA) is 57.8 Å². The van der Waals surface area contributed by atoms with Crippen LogP contribution in [0.15, 0.2) is 12.3 Å². The Bertz CT molecular complexity index is 326. The summed E-state index contributed by atoms with van der Waals surface area (Å²) in [6.45, 7) is 2.61. The molecule has 82 valence electrons. The standard InChI is InChI=1S/C11H17N3O/c1-11(5-2-3-6-11)10(15)12-8-9-4-7-13-14-9/h4,7H,2-3,5-6,8H2,1H3,(H,12,15)(H,13,14). The molecular formula is C11H17N3O. The minimum absolute atomic E-state index is 0.139. The highest BCUT2D eigenvalue weighted by Gasteiger charge is 2.35. The lowest BCUT2D eigenvalue weighted by atomic mass is 9.88. The number of amides is 1. The van der Waals surface area contributed by atoms with Crippen molar-refractivity contribution in [3.63, 3.8) is 0 Å². The van der Waals surface area contributed by atoms with Crippen molar-refractivity contribution >= 4 is 5.91 Å². The minimum atomic E-state index is -0.139. The highest BCUT2D eigenvalue weighted by atomic mass is 16.2. The molecule has 2 rings (SSSR count). The highest BCUT2D eigenvalue weighted by molar-refractivity contribution is 5.82. The van der Waals surface area contributed by atoms with Crippen LogP contribution in [-0.2, 0) is 11.3 Å². The zero-order chi connectivity index (χ0) is 10.7. The Morgan fingerprint density at radius 1 is 1.60 bits per heavy atom. The van der Waals surface area contributed by atoms with Crippen molar-refractivity contribution in [2.45, 2.75) is 39.2 Å². The lowest BCUT2D eigenvalue weighted by Gasteiger charge is -2.21. The number of aromatic amines is 1. The maximum Gasteiger partial charge on any atom is 0.226 e. The molecule has 0 saturated heterocycles. The zero-order valence-electron chi connectivity index (χ0n) is 9.05. The Balaban J connectivity index is 1.87. The van der Waals surface area contributed by atoms with Crippen LogP contribution >= 0.6 is 0 Å². The Morgan fingerprint density at radius 3 is 2.93 bits per heavy atom. The van der Waals surface area contributed by atoms with Gasteiger partial charge in [-0.05, 0) is 18.9 Å². The number of carbonyl (C=O) groups is 1. The molecule has 0 unspecified atom stereocenters. The first kappa shape index (κ1) is 10.2. The molecule has 1 aliphatic rings. The van der Waals surface area contributed by atoms with E-state index in [-0.39, 0.29) is 11.3 Å². The molecule has 0 aromatic carbocycles. The number of H-pyrrole nitrogens is 1. The van der Waals surface area contributed by atoms with Crippen molar-refractivity contribution < 1.29 is 4.79 Å². The fourth-order valence-corrected chi connectivity index (χ4v) is 2.15. The van der Waals surface area contributed by atoms with Crippen molar-refractivity contribution in [2.75, 3.05) is 0 Å². The van der Waals surface area contributed by atoms with Gasteiger partial charge >= 0.3 is 0 Å². The van der Waals surface area contributed by atoms with Crippen LogP contribution in [0.25, 0.3) is 0 Å². The molecule has 15 heavy (non-hydrogen) atoms. The summed E-state index contributed by atoms with van der Waals surface area (Å²) < 4.78 is 0. The smallest absolute Gasteiger partial charge is 0.226 e. The van der Waals surface area contributed by atoms with Gasteiger partial charge in [0.05, 0.1) is 12.2 Å². The Morgan fingerprint density at radius 2 is 2.33 bits per heavy atom. The van der Waals surface area contributed by atoms with Crippen LogP contribution in [-0.4, -0.2) is 16.1 Å². The number of rotatable bonds is 3. The van der Waals surface area contributed by atoms with E-state index in [2.05, 4.69) is 22.4 Å². The molecule has 4 heteroatoms. The molecule has 1 aliphatic carbocycles. The second-order valence-electron chi connectivity index (χ2n) is 4.53. The first-order valence-electron chi connectivity index (χ1n) is 5.47. The third-order valence-electron chi connectivity index (χ3n) is 3.25. The molecule has 1 aromatic heterocycles. The summed E-state index contributed by atoms with van der Waals surface area (Å²) in [7, 11) is 0. The maximum absolute atomic E-state index is 11.9. The van der Waals surface area contributed by atoms with Gasteiger partial charge < -0.3 is 5.32 Å². The summed E-state index contributed by atoms with van der Waals surface area (Å²) in [5.41, 5.74) is 0.810. The van der Waals surface area contributed by atoms with Crippen LogP contribution in [0.1, 0.15) is 38.3 Å². The van der Waals surface area contributed by atoms with E-state index < -0.39 is 0 Å². The quantitative estimate of drug-likeness (QED) is 0.791. The second-order valence-corrected chi connectivity index (χ2v) is 4.53. The van der Waals surface area contributed by atoms with Crippen LogP contribution < -0.4 is 5.32 Å². The van der Waals surface area contributed by atoms with E-state index in [4.69, 9.17) is 0 Å². The van der Waals surface area contributed by atoms with Gasteiger partial charge in [-0.25, -0.2) is 0 Å². The fraction of sp³-hybridized carbons (Fsp3) is 0.636. The number of carbonyl (C=O) groups excluding carboxylic acids is 1. The van der Waals surface area contributed by atoms with Gasteiger partial charge in [-0.1, -0.05) is 19.8 Å². The Kier molecular flexibility index (Phi) is 2.75. The predicted molar refractivity (Wildman–Crippen MR) is 57.0 cm³/mol. The Labute approximate surface area is 89.5 Å². The molecule has 2 N–H and O–H groups in total. The monoisotopic (exact) mass is 207 g/mol. The van der Waals surface area contributed by atoms with Crippen LogP contribution in [0.5, 0.6) is 0 Å². The van der Waals surface area contributed by atoms with Gasteiger partial charge in [-0.2, -0.15) is 5.10 Å². The number of nitrogens with zero attached hydrogens (tertiary/aromatic N) is 1. The molecule has 0 radical (unpaired) electrons. The lowest BCUT2D eigenvalue weighted by Crippen LogP contribution is -2.36. The van der Waals surface area contributed by atoms with Crippen LogP contribution in [0.4, 0.5) is 0 Å². The molecule has 1 amide bonds. The van der Waals surface area contributed by atoms with Gasteiger partial charge in [0.2, 0.25) is 5.91 Å². The molecule has 0 bridgehead atoms. The van der Waals surface area contributed by atoms with Gasteiger partial charge in [0.15, 0.2) is 0 Å². The summed E-state index contributed by atoms with van der Waals surface area (Å²) in [6, 6.07) is 1.87. The van der Waals surface area contributed by atoms with Gasteiger partial charge in [0, 0.05) is 11.6 Å². The van der Waals surface area contributed by atoms with Crippen molar-refractivity contribution in [3.8, 4) is 0 Å². The van der Waals surface area contributed by atoms with Crippen LogP contribution in [0, 0.1) is 5.41 Å². The molecule has 1 saturated carbocycles. The minimum Gasteiger partial charge on any atom is -0.350 e. The lowest BCUT2D eigenvalue weighted by molar-refractivity contribution is -0.130. The third-order valence-corrected chi connectivity index (χ3v) is 3.25. The molecule has 0 spiro atoms. The molecule has 4 nitrogen and oxygen atoms in total. The first-order valence-corrected chi connectivity index (χ1v) is 5.47. The summed E-state index contributed by atoms with van der Waals surface area (Å²) >= 11 is 0. The van der Waals surface area contributed by atoms with E-state index >= 15 is 0 Å². The largest absolute Gasteiger partial charge is 0.350 e. The van der Waals surface area contributed by atoms with Crippen molar-refractivity contribution in [2.24, 2.45) is 5.41 Å². The van der Waals surface area contributed by atoms with Gasteiger partial charge in [-0.3, -0.25) is 9.89 Å². The normalized spacial score (nSPS) is 19.0. The molecule has 0 aliphatic heterocycles. The van der Waals surface area contributed by atoms with Crippen molar-refractivity contribution in [1.82, 2.24) is 15.5 Å². The Hall–Kier alpha value is -1.32. The van der Waals surface area contributed by atoms with E-state index in [0.29, 0.717) is 6.54 Å². The van der Waals surface area contributed by atoms with Crippen molar-refractivity contribution in [1.29, 1.82) is 0 Å². The number of aromatic nitrogens is 2. The zero-order valence-corrected chi connectivity index (χ0v) is 9.05. The third kappa shape index (κ3) is 2.19. The van der Waals surface area contributed by atoms with Gasteiger partial charge in [0.25, 0.3) is 0 Å². The highest BCUT2D eigenvalue weighted by Crippen LogP contribution is 2.37. The van der Waals surface area contributed by atoms with E-state index in [1.165, 1.54) is 12.8 Å².